The van der Waals surface area contributed by atoms with E-state index >= 15 is 0 Å². The van der Waals surface area contributed by atoms with Crippen molar-refractivity contribution in [2.45, 2.75) is 271 Å². The molecule has 0 heterocycles. The van der Waals surface area contributed by atoms with Crippen LogP contribution in [-0.2, 0) is 28.6 Å². The highest BCUT2D eigenvalue weighted by Crippen LogP contribution is 2.14. The minimum atomic E-state index is -0.795. The fourth-order valence-corrected chi connectivity index (χ4v) is 7.83. The van der Waals surface area contributed by atoms with Crippen LogP contribution in [0.25, 0.3) is 0 Å². The van der Waals surface area contributed by atoms with Crippen LogP contribution in [-0.4, -0.2) is 37.2 Å². The molecule has 0 radical (unpaired) electrons. The molecule has 0 aliphatic rings. The van der Waals surface area contributed by atoms with Crippen LogP contribution in [0.1, 0.15) is 265 Å². The Morgan fingerprint density at radius 1 is 0.296 bits per heavy atom. The quantitative estimate of drug-likeness (QED) is 0.0261. The molecule has 6 nitrogen and oxygen atoms in total. The second-order valence-corrected chi connectivity index (χ2v) is 19.2. The van der Waals surface area contributed by atoms with Crippen molar-refractivity contribution >= 4 is 17.9 Å². The summed E-state index contributed by atoms with van der Waals surface area (Å²) in [7, 11) is 0. The molecular weight excluding hydrogens is 877 g/mol. The standard InChI is InChI=1S/C65H108O6/c1-4-7-10-13-16-19-22-24-26-28-29-30-31-32-33-34-35-36-37-38-40-41-43-46-49-52-55-58-64(67)70-61-62(60-69-63(66)57-54-51-48-45-21-18-15-12-9-6-3)71-65(68)59-56-53-50-47-44-42-39-27-25-23-20-17-14-11-8-5-2/h7,10,12,15-16,19,24,26-27,29-30,32-33,35-36,38-40,62H,4-6,8-9,11,13-14,17-18,20-23,25,28,31,34,37,41-61H2,1-3H3/b10-7-,15-12-,19-16-,26-24-,30-29-,33-32-,36-35-,39-27-,40-38-. The minimum Gasteiger partial charge on any atom is -0.462 e. The summed E-state index contributed by atoms with van der Waals surface area (Å²) in [5.74, 6) is -0.931. The molecule has 0 bridgehead atoms. The molecule has 0 fully saturated rings. The molecule has 0 saturated heterocycles. The second kappa shape index (κ2) is 58.6. The van der Waals surface area contributed by atoms with E-state index in [1.807, 2.05) is 0 Å². The molecule has 0 aliphatic heterocycles. The topological polar surface area (TPSA) is 78.9 Å². The molecular formula is C65H108O6. The minimum absolute atomic E-state index is 0.0930. The Balaban J connectivity index is 4.34. The molecule has 0 spiro atoms. The van der Waals surface area contributed by atoms with Gasteiger partial charge in [0.1, 0.15) is 13.2 Å². The molecule has 404 valence electrons. The molecule has 0 rings (SSSR count). The summed E-state index contributed by atoms with van der Waals surface area (Å²) in [6.45, 7) is 6.43. The molecule has 6 heteroatoms. The lowest BCUT2D eigenvalue weighted by atomic mass is 10.1. The first-order valence-electron chi connectivity index (χ1n) is 29.4. The van der Waals surface area contributed by atoms with Crippen LogP contribution in [0.5, 0.6) is 0 Å². The summed E-state index contributed by atoms with van der Waals surface area (Å²) >= 11 is 0. The van der Waals surface area contributed by atoms with Crippen LogP contribution in [0.3, 0.4) is 0 Å². The number of hydrogen-bond acceptors (Lipinski definition) is 6. The zero-order valence-electron chi connectivity index (χ0n) is 46.2. The van der Waals surface area contributed by atoms with Gasteiger partial charge in [-0.1, -0.05) is 233 Å². The third-order valence-electron chi connectivity index (χ3n) is 12.2. The molecule has 1 unspecified atom stereocenters. The molecule has 0 aromatic rings. The molecule has 0 amide bonds. The highest BCUT2D eigenvalue weighted by Gasteiger charge is 2.19. The van der Waals surface area contributed by atoms with Crippen molar-refractivity contribution in [3.8, 4) is 0 Å². The number of esters is 3. The third-order valence-corrected chi connectivity index (χ3v) is 12.2. The van der Waals surface area contributed by atoms with Crippen molar-refractivity contribution in [2.24, 2.45) is 0 Å². The van der Waals surface area contributed by atoms with E-state index in [2.05, 4.69) is 130 Å². The first-order valence-corrected chi connectivity index (χ1v) is 29.4. The van der Waals surface area contributed by atoms with Crippen molar-refractivity contribution in [3.05, 3.63) is 109 Å². The smallest absolute Gasteiger partial charge is 0.306 e. The molecule has 0 N–H and O–H groups in total. The van der Waals surface area contributed by atoms with E-state index in [0.29, 0.717) is 19.3 Å². The van der Waals surface area contributed by atoms with Gasteiger partial charge in [0, 0.05) is 19.3 Å². The molecule has 0 saturated carbocycles. The van der Waals surface area contributed by atoms with E-state index in [4.69, 9.17) is 14.2 Å². The van der Waals surface area contributed by atoms with Gasteiger partial charge >= 0.3 is 17.9 Å². The zero-order chi connectivity index (χ0) is 51.4. The van der Waals surface area contributed by atoms with Gasteiger partial charge in [0.15, 0.2) is 6.10 Å². The van der Waals surface area contributed by atoms with Gasteiger partial charge in [-0.25, -0.2) is 0 Å². The highest BCUT2D eigenvalue weighted by molar-refractivity contribution is 5.71. The van der Waals surface area contributed by atoms with Crippen molar-refractivity contribution in [1.82, 2.24) is 0 Å². The number of hydrogen-bond donors (Lipinski definition) is 0. The number of carbonyl (C=O) groups excluding carboxylic acids is 3. The van der Waals surface area contributed by atoms with Crippen molar-refractivity contribution in [1.29, 1.82) is 0 Å². The Labute approximate surface area is 438 Å². The fourth-order valence-electron chi connectivity index (χ4n) is 7.83. The van der Waals surface area contributed by atoms with Gasteiger partial charge in [-0.3, -0.25) is 14.4 Å². The predicted octanol–water partition coefficient (Wildman–Crippen LogP) is 19.9. The molecule has 0 aromatic heterocycles. The number of allylic oxidation sites excluding steroid dienone is 18. The van der Waals surface area contributed by atoms with Crippen LogP contribution in [0.2, 0.25) is 0 Å². The first-order chi connectivity index (χ1) is 35.0. The monoisotopic (exact) mass is 985 g/mol. The van der Waals surface area contributed by atoms with Gasteiger partial charge in [-0.05, 0) is 122 Å². The molecule has 0 aromatic carbocycles. The van der Waals surface area contributed by atoms with Crippen molar-refractivity contribution in [3.63, 3.8) is 0 Å². The molecule has 1 atom stereocenters. The van der Waals surface area contributed by atoms with Crippen LogP contribution < -0.4 is 0 Å². The summed E-state index contributed by atoms with van der Waals surface area (Å²) in [4.78, 5) is 38.1. The van der Waals surface area contributed by atoms with Gasteiger partial charge in [-0.2, -0.15) is 0 Å². The summed E-state index contributed by atoms with van der Waals surface area (Å²) in [6, 6.07) is 0. The number of rotatable bonds is 52. The predicted molar refractivity (Wildman–Crippen MR) is 307 cm³/mol. The largest absolute Gasteiger partial charge is 0.462 e. The third kappa shape index (κ3) is 56.9. The van der Waals surface area contributed by atoms with E-state index < -0.39 is 6.10 Å². The lowest BCUT2D eigenvalue weighted by Gasteiger charge is -2.18. The van der Waals surface area contributed by atoms with Crippen LogP contribution in [0.4, 0.5) is 0 Å². The summed E-state index contributed by atoms with van der Waals surface area (Å²) < 4.78 is 16.8. The first kappa shape index (κ1) is 67.1. The van der Waals surface area contributed by atoms with E-state index in [-0.39, 0.29) is 31.1 Å². The fraction of sp³-hybridized carbons (Fsp3) is 0.677. The van der Waals surface area contributed by atoms with Crippen LogP contribution in [0, 0.1) is 0 Å². The van der Waals surface area contributed by atoms with Gasteiger partial charge < -0.3 is 14.2 Å². The van der Waals surface area contributed by atoms with Crippen molar-refractivity contribution < 1.29 is 28.6 Å². The number of ether oxygens (including phenoxy) is 3. The second-order valence-electron chi connectivity index (χ2n) is 19.2. The van der Waals surface area contributed by atoms with E-state index in [0.717, 1.165) is 154 Å². The maximum absolute atomic E-state index is 12.8. The SMILES string of the molecule is CC/C=C\C/C=C\C/C=C\C/C=C\C/C=C\C/C=C\C/C=C\CCCCCCCC(=O)OCC(COC(=O)CCCCCCC/C=C\CCC)OC(=O)CCCCCCC/C=C\CCCCCCCCC. The van der Waals surface area contributed by atoms with Gasteiger partial charge in [0.2, 0.25) is 0 Å². The summed E-state index contributed by atoms with van der Waals surface area (Å²) in [6.07, 6.45) is 79.4. The Morgan fingerprint density at radius 3 is 0.930 bits per heavy atom. The average Bonchev–Trinajstić information content (AvgIpc) is 3.37. The molecule has 71 heavy (non-hydrogen) atoms. The van der Waals surface area contributed by atoms with Gasteiger partial charge in [0.25, 0.3) is 0 Å². The summed E-state index contributed by atoms with van der Waals surface area (Å²) in [5, 5.41) is 0. The highest BCUT2D eigenvalue weighted by atomic mass is 16.6. The number of carbonyl (C=O) groups is 3. The van der Waals surface area contributed by atoms with Gasteiger partial charge in [-0.15, -0.1) is 0 Å². The maximum Gasteiger partial charge on any atom is 0.306 e. The van der Waals surface area contributed by atoms with Crippen LogP contribution >= 0.6 is 0 Å². The van der Waals surface area contributed by atoms with Crippen LogP contribution in [0.15, 0.2) is 109 Å². The Bertz CT molecular complexity index is 1460. The number of unbranched alkanes of at least 4 members (excludes halogenated alkanes) is 23. The Hall–Kier alpha value is -3.93. The maximum atomic E-state index is 12.8. The molecule has 0 aliphatic carbocycles. The van der Waals surface area contributed by atoms with E-state index in [9.17, 15) is 14.4 Å². The Morgan fingerprint density at radius 2 is 0.577 bits per heavy atom. The Kier molecular flexibility index (Phi) is 55.4. The van der Waals surface area contributed by atoms with E-state index in [1.54, 1.807) is 0 Å². The average molecular weight is 986 g/mol. The lowest BCUT2D eigenvalue weighted by Crippen LogP contribution is -2.30. The zero-order valence-corrected chi connectivity index (χ0v) is 46.2. The van der Waals surface area contributed by atoms with Gasteiger partial charge in [0.05, 0.1) is 0 Å². The summed E-state index contributed by atoms with van der Waals surface area (Å²) in [5.41, 5.74) is 0. The normalized spacial score (nSPS) is 12.9. The van der Waals surface area contributed by atoms with Crippen molar-refractivity contribution in [2.75, 3.05) is 13.2 Å². The lowest BCUT2D eigenvalue weighted by molar-refractivity contribution is -0.167. The van der Waals surface area contributed by atoms with E-state index in [1.165, 1.54) is 70.6 Å².